The van der Waals surface area contributed by atoms with Gasteiger partial charge >= 0.3 is 0 Å². The molecule has 1 amide bonds. The number of nitrogens with two attached hydrogens (primary N) is 1. The van der Waals surface area contributed by atoms with Gasteiger partial charge in [-0.3, -0.25) is 4.79 Å². The molecule has 2 aliphatic rings. The highest BCUT2D eigenvalue weighted by Gasteiger charge is 2.38. The van der Waals surface area contributed by atoms with Crippen molar-refractivity contribution in [1.29, 1.82) is 0 Å². The molecule has 0 bridgehead atoms. The van der Waals surface area contributed by atoms with E-state index in [-0.39, 0.29) is 11.2 Å². The number of nitrogens with zero attached hydrogens (tertiary/aromatic N) is 4. The third-order valence-electron chi connectivity index (χ3n) is 4.48. The average Bonchev–Trinajstić information content (AvgIpc) is 3.12. The van der Waals surface area contributed by atoms with Gasteiger partial charge in [-0.2, -0.15) is 0 Å². The van der Waals surface area contributed by atoms with Gasteiger partial charge in [-0.1, -0.05) is 48.6 Å². The molecule has 1 aromatic heterocycles. The smallest absolute Gasteiger partial charge is 0.245 e. The van der Waals surface area contributed by atoms with E-state index in [1.165, 1.54) is 11.9 Å². The van der Waals surface area contributed by atoms with Crippen molar-refractivity contribution in [3.8, 4) is 0 Å². The van der Waals surface area contributed by atoms with Crippen LogP contribution in [0.2, 0.25) is 0 Å². The van der Waals surface area contributed by atoms with Crippen LogP contribution in [0.15, 0.2) is 58.5 Å². The predicted octanol–water partition coefficient (Wildman–Crippen LogP) is 2.21. The molecule has 8 heteroatoms. The summed E-state index contributed by atoms with van der Waals surface area (Å²) in [5.74, 6) is 0.623. The summed E-state index contributed by atoms with van der Waals surface area (Å²) in [5, 5.41) is 11.6. The van der Waals surface area contributed by atoms with Crippen molar-refractivity contribution in [1.82, 2.24) is 15.2 Å². The molecule has 1 aliphatic heterocycles. The van der Waals surface area contributed by atoms with Gasteiger partial charge in [0, 0.05) is 18.0 Å². The number of aromatic nitrogens is 3. The van der Waals surface area contributed by atoms with Gasteiger partial charge in [0.05, 0.1) is 5.25 Å². The summed E-state index contributed by atoms with van der Waals surface area (Å²) in [6.45, 7) is 2.50. The molecule has 136 valence electrons. The SMILES string of the molecule is Cc1nnc(C2=NSC3C(C(N)=O)=CC=CC23)nc1NCc1ccccc1. The zero-order chi connectivity index (χ0) is 18.8. The van der Waals surface area contributed by atoms with Gasteiger partial charge in [0.25, 0.3) is 0 Å². The van der Waals surface area contributed by atoms with E-state index in [0.29, 0.717) is 29.5 Å². The van der Waals surface area contributed by atoms with Crippen LogP contribution in [0.4, 0.5) is 5.82 Å². The first-order valence-corrected chi connectivity index (χ1v) is 9.38. The Morgan fingerprint density at radius 2 is 2.07 bits per heavy atom. The Morgan fingerprint density at radius 1 is 1.26 bits per heavy atom. The molecule has 2 aromatic rings. The van der Waals surface area contributed by atoms with E-state index < -0.39 is 5.91 Å². The molecule has 0 spiro atoms. The van der Waals surface area contributed by atoms with Crippen LogP contribution in [-0.4, -0.2) is 32.1 Å². The van der Waals surface area contributed by atoms with E-state index in [1.54, 1.807) is 6.08 Å². The van der Waals surface area contributed by atoms with Crippen LogP contribution in [0, 0.1) is 12.8 Å². The number of fused-ring (bicyclic) bond motifs is 1. The highest BCUT2D eigenvalue weighted by atomic mass is 32.2. The summed E-state index contributed by atoms with van der Waals surface area (Å²) in [6, 6.07) is 10.1. The lowest BCUT2D eigenvalue weighted by atomic mass is 9.89. The Hall–Kier alpha value is -3.00. The molecule has 2 heterocycles. The van der Waals surface area contributed by atoms with Gasteiger partial charge in [0.1, 0.15) is 11.4 Å². The molecule has 0 fully saturated rings. The third-order valence-corrected chi connectivity index (χ3v) is 5.56. The molecule has 4 rings (SSSR count). The fourth-order valence-corrected chi connectivity index (χ4v) is 4.14. The number of rotatable bonds is 5. The van der Waals surface area contributed by atoms with Crippen LogP contribution in [0.5, 0.6) is 0 Å². The minimum atomic E-state index is -0.425. The lowest BCUT2D eigenvalue weighted by molar-refractivity contribution is -0.114. The first-order chi connectivity index (χ1) is 13.1. The van der Waals surface area contributed by atoms with Crippen LogP contribution in [-0.2, 0) is 11.3 Å². The Labute approximate surface area is 161 Å². The Bertz CT molecular complexity index is 969. The monoisotopic (exact) mass is 378 g/mol. The molecule has 2 unspecified atom stereocenters. The van der Waals surface area contributed by atoms with Gasteiger partial charge in [0.15, 0.2) is 11.6 Å². The number of allylic oxidation sites excluding steroid dienone is 3. The minimum absolute atomic E-state index is 0.0889. The second kappa shape index (κ2) is 7.32. The van der Waals surface area contributed by atoms with Crippen LogP contribution in [0.25, 0.3) is 0 Å². The number of carbonyl (C=O) groups excluding carboxylic acids is 1. The zero-order valence-corrected chi connectivity index (χ0v) is 15.5. The number of hydrogen-bond acceptors (Lipinski definition) is 7. The van der Waals surface area contributed by atoms with Gasteiger partial charge in [0.2, 0.25) is 5.91 Å². The summed E-state index contributed by atoms with van der Waals surface area (Å²) in [7, 11) is 0. The number of amides is 1. The second-order valence-electron chi connectivity index (χ2n) is 6.31. The summed E-state index contributed by atoms with van der Waals surface area (Å²) >= 11 is 1.33. The van der Waals surface area contributed by atoms with E-state index in [2.05, 4.69) is 24.9 Å². The normalized spacial score (nSPS) is 20.6. The largest absolute Gasteiger partial charge is 0.366 e. The minimum Gasteiger partial charge on any atom is -0.366 e. The molecule has 27 heavy (non-hydrogen) atoms. The molecular weight excluding hydrogens is 360 g/mol. The number of aryl methyl sites for hydroxylation is 1. The number of nitrogens with one attached hydrogen (secondary N) is 1. The average molecular weight is 378 g/mol. The molecule has 0 saturated carbocycles. The molecular formula is C19H18N6OS. The van der Waals surface area contributed by atoms with Crippen molar-refractivity contribution >= 4 is 29.4 Å². The van der Waals surface area contributed by atoms with Crippen molar-refractivity contribution in [3.05, 3.63) is 71.2 Å². The van der Waals surface area contributed by atoms with Crippen molar-refractivity contribution in [2.45, 2.75) is 18.7 Å². The van der Waals surface area contributed by atoms with E-state index in [1.807, 2.05) is 49.4 Å². The molecule has 2 atom stereocenters. The molecule has 0 radical (unpaired) electrons. The topological polar surface area (TPSA) is 106 Å². The molecule has 1 aliphatic carbocycles. The van der Waals surface area contributed by atoms with E-state index in [4.69, 9.17) is 5.73 Å². The number of carbonyl (C=O) groups is 1. The van der Waals surface area contributed by atoms with E-state index >= 15 is 0 Å². The summed E-state index contributed by atoms with van der Waals surface area (Å²) < 4.78 is 4.51. The first-order valence-electron chi connectivity index (χ1n) is 8.55. The third kappa shape index (κ3) is 3.48. The lowest BCUT2D eigenvalue weighted by Gasteiger charge is -2.20. The van der Waals surface area contributed by atoms with E-state index in [0.717, 1.165) is 11.3 Å². The highest BCUT2D eigenvalue weighted by Crippen LogP contribution is 2.39. The molecule has 0 saturated heterocycles. The van der Waals surface area contributed by atoms with Crippen LogP contribution >= 0.6 is 11.9 Å². The van der Waals surface area contributed by atoms with Gasteiger partial charge in [-0.15, -0.1) is 10.2 Å². The standard InChI is InChI=1S/C19H18N6OS/c1-11-18(21-10-12-6-3-2-4-7-12)22-19(24-23-11)15-13-8-5-9-14(17(20)26)16(13)27-25-15/h2-9,13,16H,10H2,1H3,(H2,20,26)(H,21,22,24). The maximum Gasteiger partial charge on any atom is 0.245 e. The predicted molar refractivity (Wildman–Crippen MR) is 106 cm³/mol. The fraction of sp³-hybridized carbons (Fsp3) is 0.211. The number of benzene rings is 1. The number of primary amides is 1. The van der Waals surface area contributed by atoms with Gasteiger partial charge < -0.3 is 11.1 Å². The number of hydrogen-bond donors (Lipinski definition) is 2. The first kappa shape index (κ1) is 17.4. The maximum absolute atomic E-state index is 11.7. The summed E-state index contributed by atoms with van der Waals surface area (Å²) in [6.07, 6.45) is 5.57. The summed E-state index contributed by atoms with van der Waals surface area (Å²) in [5.41, 5.74) is 8.63. The van der Waals surface area contributed by atoms with Crippen LogP contribution < -0.4 is 11.1 Å². The Morgan fingerprint density at radius 3 is 2.85 bits per heavy atom. The summed E-state index contributed by atoms with van der Waals surface area (Å²) in [4.78, 5) is 16.3. The highest BCUT2D eigenvalue weighted by molar-refractivity contribution is 7.99. The Balaban J connectivity index is 1.56. The number of anilines is 1. The fourth-order valence-electron chi connectivity index (χ4n) is 3.05. The van der Waals surface area contributed by atoms with Crippen molar-refractivity contribution in [3.63, 3.8) is 0 Å². The molecule has 1 aromatic carbocycles. The van der Waals surface area contributed by atoms with Crippen LogP contribution in [0.3, 0.4) is 0 Å². The van der Waals surface area contributed by atoms with Gasteiger partial charge in [-0.05, 0) is 24.4 Å². The molecule has 7 nitrogen and oxygen atoms in total. The maximum atomic E-state index is 11.7. The van der Waals surface area contributed by atoms with Crippen molar-refractivity contribution < 1.29 is 4.79 Å². The lowest BCUT2D eigenvalue weighted by Crippen LogP contribution is -2.31. The van der Waals surface area contributed by atoms with Crippen LogP contribution in [0.1, 0.15) is 17.1 Å². The quantitative estimate of drug-likeness (QED) is 0.773. The van der Waals surface area contributed by atoms with Crippen molar-refractivity contribution in [2.24, 2.45) is 16.0 Å². The second-order valence-corrected chi connectivity index (χ2v) is 7.21. The van der Waals surface area contributed by atoms with Gasteiger partial charge in [-0.25, -0.2) is 9.38 Å². The Kier molecular flexibility index (Phi) is 4.72. The van der Waals surface area contributed by atoms with Crippen molar-refractivity contribution in [2.75, 3.05) is 5.32 Å². The van der Waals surface area contributed by atoms with E-state index in [9.17, 15) is 4.79 Å². The zero-order valence-electron chi connectivity index (χ0n) is 14.7. The molecule has 3 N–H and O–H groups in total.